The Morgan fingerprint density at radius 2 is 2.24 bits per heavy atom. The number of hydrogen-bond donors (Lipinski definition) is 1. The number of rotatable bonds is 5. The molecule has 0 saturated carbocycles. The summed E-state index contributed by atoms with van der Waals surface area (Å²) in [7, 11) is 1.41. The summed E-state index contributed by atoms with van der Waals surface area (Å²) in [5.41, 5.74) is 0.500. The van der Waals surface area contributed by atoms with Gasteiger partial charge in [-0.3, -0.25) is 10.1 Å². The molecule has 0 aliphatic rings. The molecule has 1 aromatic carbocycles. The Labute approximate surface area is 111 Å². The van der Waals surface area contributed by atoms with E-state index in [4.69, 9.17) is 4.74 Å². The highest BCUT2D eigenvalue weighted by molar-refractivity contribution is 9.10. The summed E-state index contributed by atoms with van der Waals surface area (Å²) in [5.74, 6) is -0.227. The van der Waals surface area contributed by atoms with Crippen molar-refractivity contribution in [2.75, 3.05) is 7.11 Å². The molecule has 0 radical (unpaired) electrons. The van der Waals surface area contributed by atoms with Crippen molar-refractivity contribution in [3.05, 3.63) is 34.3 Å². The van der Waals surface area contributed by atoms with Crippen molar-refractivity contribution in [2.45, 2.75) is 32.4 Å². The van der Waals surface area contributed by atoms with Crippen LogP contribution in [0.25, 0.3) is 0 Å². The minimum Gasteiger partial charge on any atom is -0.468 e. The minimum atomic E-state index is -0.628. The van der Waals surface area contributed by atoms with Crippen LogP contribution in [0.15, 0.2) is 28.7 Å². The van der Waals surface area contributed by atoms with E-state index in [-0.39, 0.29) is 5.97 Å². The zero-order valence-corrected chi connectivity index (χ0v) is 12.0. The van der Waals surface area contributed by atoms with Gasteiger partial charge in [0.1, 0.15) is 5.54 Å². The van der Waals surface area contributed by atoms with Crippen LogP contribution in [0.2, 0.25) is 0 Å². The van der Waals surface area contributed by atoms with Gasteiger partial charge in [-0.05, 0) is 31.0 Å². The van der Waals surface area contributed by atoms with Gasteiger partial charge in [-0.15, -0.1) is 0 Å². The van der Waals surface area contributed by atoms with E-state index in [9.17, 15) is 4.79 Å². The quantitative estimate of drug-likeness (QED) is 0.850. The second-order valence-electron chi connectivity index (χ2n) is 4.16. The monoisotopic (exact) mass is 299 g/mol. The van der Waals surface area contributed by atoms with Crippen molar-refractivity contribution in [2.24, 2.45) is 0 Å². The van der Waals surface area contributed by atoms with Crippen LogP contribution in [0, 0.1) is 0 Å². The molecule has 0 fully saturated rings. The molecular formula is C13H18BrNO2. The van der Waals surface area contributed by atoms with Crippen molar-refractivity contribution < 1.29 is 9.53 Å². The molecule has 0 bridgehead atoms. The summed E-state index contributed by atoms with van der Waals surface area (Å²) >= 11 is 3.42. The maximum atomic E-state index is 11.7. The van der Waals surface area contributed by atoms with Crippen LogP contribution in [-0.4, -0.2) is 18.6 Å². The van der Waals surface area contributed by atoms with Crippen LogP contribution >= 0.6 is 15.9 Å². The third-order valence-corrected chi connectivity index (χ3v) is 3.41. The van der Waals surface area contributed by atoms with Gasteiger partial charge in [0.25, 0.3) is 0 Å². The SMILES string of the molecule is CC[C@@](C)(NCc1cccc(Br)c1)C(=O)OC. The summed E-state index contributed by atoms with van der Waals surface area (Å²) in [4.78, 5) is 11.7. The van der Waals surface area contributed by atoms with E-state index in [0.29, 0.717) is 13.0 Å². The number of benzene rings is 1. The Bertz CT molecular complexity index is 395. The lowest BCUT2D eigenvalue weighted by atomic mass is 9.98. The molecule has 0 heterocycles. The Kier molecular flexibility index (Phi) is 5.15. The lowest BCUT2D eigenvalue weighted by Gasteiger charge is -2.26. The Hall–Kier alpha value is -0.870. The molecule has 4 heteroatoms. The van der Waals surface area contributed by atoms with E-state index >= 15 is 0 Å². The number of halogens is 1. The van der Waals surface area contributed by atoms with Crippen LogP contribution in [0.3, 0.4) is 0 Å². The molecule has 17 heavy (non-hydrogen) atoms. The van der Waals surface area contributed by atoms with Crippen molar-refractivity contribution in [3.8, 4) is 0 Å². The molecule has 0 aromatic heterocycles. The first-order chi connectivity index (χ1) is 8.01. The number of carbonyl (C=O) groups is 1. The third-order valence-electron chi connectivity index (χ3n) is 2.91. The summed E-state index contributed by atoms with van der Waals surface area (Å²) in [5, 5.41) is 3.24. The molecule has 0 saturated heterocycles. The van der Waals surface area contributed by atoms with Gasteiger partial charge in [-0.25, -0.2) is 0 Å². The van der Waals surface area contributed by atoms with Crippen molar-refractivity contribution in [3.63, 3.8) is 0 Å². The van der Waals surface area contributed by atoms with Crippen molar-refractivity contribution in [1.82, 2.24) is 5.32 Å². The van der Waals surface area contributed by atoms with Crippen LogP contribution < -0.4 is 5.32 Å². The molecule has 0 amide bonds. The minimum absolute atomic E-state index is 0.227. The van der Waals surface area contributed by atoms with Crippen molar-refractivity contribution in [1.29, 1.82) is 0 Å². The molecule has 1 atom stereocenters. The van der Waals surface area contributed by atoms with Gasteiger partial charge in [-0.2, -0.15) is 0 Å². The fraction of sp³-hybridized carbons (Fsp3) is 0.462. The maximum Gasteiger partial charge on any atom is 0.325 e. The summed E-state index contributed by atoms with van der Waals surface area (Å²) in [6.45, 7) is 4.46. The van der Waals surface area contributed by atoms with E-state index in [1.54, 1.807) is 0 Å². The highest BCUT2D eigenvalue weighted by Gasteiger charge is 2.31. The summed E-state index contributed by atoms with van der Waals surface area (Å²) < 4.78 is 5.84. The largest absolute Gasteiger partial charge is 0.468 e. The first-order valence-electron chi connectivity index (χ1n) is 5.59. The van der Waals surface area contributed by atoms with Gasteiger partial charge >= 0.3 is 5.97 Å². The van der Waals surface area contributed by atoms with E-state index < -0.39 is 5.54 Å². The summed E-state index contributed by atoms with van der Waals surface area (Å²) in [6.07, 6.45) is 0.688. The van der Waals surface area contributed by atoms with E-state index in [1.807, 2.05) is 38.1 Å². The van der Waals surface area contributed by atoms with Crippen LogP contribution in [-0.2, 0) is 16.1 Å². The van der Waals surface area contributed by atoms with Gasteiger partial charge in [0, 0.05) is 11.0 Å². The zero-order chi connectivity index (χ0) is 12.9. The molecule has 3 nitrogen and oxygen atoms in total. The maximum absolute atomic E-state index is 11.7. The number of nitrogens with one attached hydrogen (secondary N) is 1. The second-order valence-corrected chi connectivity index (χ2v) is 5.08. The molecule has 0 unspecified atom stereocenters. The van der Waals surface area contributed by atoms with Gasteiger partial charge in [0.2, 0.25) is 0 Å². The number of hydrogen-bond acceptors (Lipinski definition) is 3. The molecule has 0 aliphatic heterocycles. The van der Waals surface area contributed by atoms with E-state index in [0.717, 1.165) is 10.0 Å². The molecule has 1 N–H and O–H groups in total. The topological polar surface area (TPSA) is 38.3 Å². The normalized spacial score (nSPS) is 14.1. The van der Waals surface area contributed by atoms with Gasteiger partial charge in [-0.1, -0.05) is 35.0 Å². The second kappa shape index (κ2) is 6.17. The lowest BCUT2D eigenvalue weighted by molar-refractivity contribution is -0.148. The number of ether oxygens (including phenoxy) is 1. The van der Waals surface area contributed by atoms with Gasteiger partial charge in [0.05, 0.1) is 7.11 Å². The van der Waals surface area contributed by atoms with Crippen LogP contribution in [0.5, 0.6) is 0 Å². The zero-order valence-electron chi connectivity index (χ0n) is 10.4. The average Bonchev–Trinajstić information content (AvgIpc) is 2.35. The molecule has 0 aliphatic carbocycles. The smallest absolute Gasteiger partial charge is 0.325 e. The third kappa shape index (κ3) is 3.82. The van der Waals surface area contributed by atoms with Crippen LogP contribution in [0.1, 0.15) is 25.8 Å². The highest BCUT2D eigenvalue weighted by Crippen LogP contribution is 2.15. The van der Waals surface area contributed by atoms with Crippen molar-refractivity contribution >= 4 is 21.9 Å². The molecule has 1 aromatic rings. The molecule has 94 valence electrons. The number of methoxy groups -OCH3 is 1. The predicted molar refractivity (Wildman–Crippen MR) is 71.7 cm³/mol. The fourth-order valence-electron chi connectivity index (χ4n) is 1.51. The van der Waals surface area contributed by atoms with Crippen LogP contribution in [0.4, 0.5) is 0 Å². The summed E-state index contributed by atoms with van der Waals surface area (Å²) in [6, 6.07) is 8.00. The Balaban J connectivity index is 2.68. The standard InChI is InChI=1S/C13H18BrNO2/c1-4-13(2,12(16)17-3)15-9-10-6-5-7-11(14)8-10/h5-8,15H,4,9H2,1-3H3/t13-/m1/s1. The first-order valence-corrected chi connectivity index (χ1v) is 6.39. The Morgan fingerprint density at radius 3 is 2.76 bits per heavy atom. The molecule has 0 spiro atoms. The number of carbonyl (C=O) groups excluding carboxylic acids is 1. The first kappa shape index (κ1) is 14.2. The lowest BCUT2D eigenvalue weighted by Crippen LogP contribution is -2.49. The van der Waals surface area contributed by atoms with E-state index in [1.165, 1.54) is 7.11 Å². The van der Waals surface area contributed by atoms with Gasteiger partial charge in [0.15, 0.2) is 0 Å². The molecular weight excluding hydrogens is 282 g/mol. The Morgan fingerprint density at radius 1 is 1.53 bits per heavy atom. The number of esters is 1. The predicted octanol–water partition coefficient (Wildman–Crippen LogP) is 2.88. The fourth-order valence-corrected chi connectivity index (χ4v) is 1.96. The molecule has 1 rings (SSSR count). The van der Waals surface area contributed by atoms with Gasteiger partial charge < -0.3 is 4.74 Å². The average molecular weight is 300 g/mol. The van der Waals surface area contributed by atoms with E-state index in [2.05, 4.69) is 21.2 Å². The highest BCUT2D eigenvalue weighted by atomic mass is 79.9.